The van der Waals surface area contributed by atoms with E-state index in [1.54, 1.807) is 6.26 Å². The topological polar surface area (TPSA) is 17.1 Å². The van der Waals surface area contributed by atoms with Gasteiger partial charge in [0.15, 0.2) is 0 Å². The molecule has 0 N–H and O–H groups in total. The summed E-state index contributed by atoms with van der Waals surface area (Å²) in [6.45, 7) is 4.83. The Labute approximate surface area is 131 Å². The van der Waals surface area contributed by atoms with Gasteiger partial charge in [0, 0.05) is 17.1 Å². The van der Waals surface area contributed by atoms with Crippen molar-refractivity contribution in [2.24, 2.45) is 23.2 Å². The third kappa shape index (κ3) is 2.63. The van der Waals surface area contributed by atoms with E-state index in [1.807, 2.05) is 5.41 Å². The molecule has 0 bridgehead atoms. The fourth-order valence-electron chi connectivity index (χ4n) is 5.11. The van der Waals surface area contributed by atoms with Crippen molar-refractivity contribution in [2.75, 3.05) is 6.26 Å². The van der Waals surface area contributed by atoms with Crippen molar-refractivity contribution in [1.82, 2.24) is 0 Å². The van der Waals surface area contributed by atoms with Crippen molar-refractivity contribution in [3.8, 4) is 0 Å². The van der Waals surface area contributed by atoms with Gasteiger partial charge in [-0.05, 0) is 52.9 Å². The third-order valence-corrected chi connectivity index (χ3v) is 6.35. The van der Waals surface area contributed by atoms with Crippen LogP contribution in [0.2, 0.25) is 0 Å². The van der Waals surface area contributed by atoms with Gasteiger partial charge in [-0.25, -0.2) is 0 Å². The Kier molecular flexibility index (Phi) is 4.09. The van der Waals surface area contributed by atoms with Gasteiger partial charge >= 0.3 is 0 Å². The minimum absolute atomic E-state index is 0.243. The van der Waals surface area contributed by atoms with Crippen LogP contribution in [0.5, 0.6) is 0 Å². The van der Waals surface area contributed by atoms with Crippen LogP contribution in [0.15, 0.2) is 41.8 Å². The number of benzene rings is 1. The smallest absolute Gasteiger partial charge is 0.0421 e. The Balaban J connectivity index is 1.99. The van der Waals surface area contributed by atoms with Gasteiger partial charge in [-0.3, -0.25) is 4.21 Å². The number of rotatable bonds is 3. The highest BCUT2D eigenvalue weighted by atomic mass is 32.2. The SMILES string of the molecule is CS(=O)/C=C/C1C2CCCC2C(c2ccccc2)C1(C)C. The normalized spacial score (nSPS) is 36.0. The second-order valence-electron chi connectivity index (χ2n) is 7.32. The fourth-order valence-corrected chi connectivity index (χ4v) is 5.50. The molecule has 2 heteroatoms. The Morgan fingerprint density at radius 2 is 1.81 bits per heavy atom. The lowest BCUT2D eigenvalue weighted by molar-refractivity contribution is 0.238. The van der Waals surface area contributed by atoms with E-state index in [0.717, 1.165) is 11.8 Å². The maximum absolute atomic E-state index is 11.5. The van der Waals surface area contributed by atoms with Gasteiger partial charge in [0.05, 0.1) is 0 Å². The molecule has 5 unspecified atom stereocenters. The molecule has 1 aromatic rings. The summed E-state index contributed by atoms with van der Waals surface area (Å²) < 4.78 is 11.5. The largest absolute Gasteiger partial charge is 0.255 e. The van der Waals surface area contributed by atoms with Crippen molar-refractivity contribution < 1.29 is 4.21 Å². The number of hydrogen-bond donors (Lipinski definition) is 0. The molecule has 0 aromatic heterocycles. The van der Waals surface area contributed by atoms with E-state index in [2.05, 4.69) is 50.3 Å². The molecule has 2 saturated carbocycles. The highest BCUT2D eigenvalue weighted by Gasteiger charge is 2.55. The first-order valence-corrected chi connectivity index (χ1v) is 9.69. The molecular weight excluding hydrogens is 276 g/mol. The van der Waals surface area contributed by atoms with Gasteiger partial charge in [-0.2, -0.15) is 0 Å². The Morgan fingerprint density at radius 3 is 2.48 bits per heavy atom. The number of allylic oxidation sites excluding steroid dienone is 1. The first-order chi connectivity index (χ1) is 10.0. The first kappa shape index (κ1) is 15.0. The van der Waals surface area contributed by atoms with Crippen LogP contribution in [0, 0.1) is 23.2 Å². The van der Waals surface area contributed by atoms with Crippen LogP contribution < -0.4 is 0 Å². The summed E-state index contributed by atoms with van der Waals surface area (Å²) in [5.41, 5.74) is 1.74. The summed E-state index contributed by atoms with van der Waals surface area (Å²) in [6.07, 6.45) is 8.07. The molecule has 0 aliphatic heterocycles. The first-order valence-electron chi connectivity index (χ1n) is 8.07. The van der Waals surface area contributed by atoms with Gasteiger partial charge in [-0.1, -0.05) is 56.7 Å². The van der Waals surface area contributed by atoms with Crippen LogP contribution in [-0.2, 0) is 10.8 Å². The molecule has 114 valence electrons. The molecule has 2 aliphatic carbocycles. The molecule has 0 amide bonds. The van der Waals surface area contributed by atoms with E-state index in [1.165, 1.54) is 24.8 Å². The lowest BCUT2D eigenvalue weighted by Crippen LogP contribution is -2.25. The minimum atomic E-state index is -0.839. The maximum Gasteiger partial charge on any atom is 0.0421 e. The monoisotopic (exact) mass is 302 g/mol. The predicted molar refractivity (Wildman–Crippen MR) is 90.5 cm³/mol. The zero-order valence-corrected chi connectivity index (χ0v) is 14.1. The Hall–Kier alpha value is -0.890. The maximum atomic E-state index is 11.5. The summed E-state index contributed by atoms with van der Waals surface area (Å²) in [6, 6.07) is 11.0. The molecule has 0 saturated heterocycles. The van der Waals surface area contributed by atoms with Crippen LogP contribution in [0.3, 0.4) is 0 Å². The molecule has 1 nitrogen and oxygen atoms in total. The summed E-state index contributed by atoms with van der Waals surface area (Å²) in [7, 11) is -0.839. The van der Waals surface area contributed by atoms with E-state index >= 15 is 0 Å². The second-order valence-corrected chi connectivity index (χ2v) is 8.59. The average Bonchev–Trinajstić information content (AvgIpc) is 2.95. The van der Waals surface area contributed by atoms with E-state index in [-0.39, 0.29) is 5.41 Å². The molecule has 21 heavy (non-hydrogen) atoms. The second kappa shape index (κ2) is 5.72. The van der Waals surface area contributed by atoms with Crippen LogP contribution in [-0.4, -0.2) is 10.5 Å². The van der Waals surface area contributed by atoms with Crippen LogP contribution in [0.25, 0.3) is 0 Å². The van der Waals surface area contributed by atoms with E-state index < -0.39 is 10.8 Å². The molecule has 0 spiro atoms. The fraction of sp³-hybridized carbons (Fsp3) is 0.579. The van der Waals surface area contributed by atoms with Crippen molar-refractivity contribution in [2.45, 2.75) is 39.0 Å². The van der Waals surface area contributed by atoms with E-state index in [4.69, 9.17) is 0 Å². The van der Waals surface area contributed by atoms with Crippen molar-refractivity contribution in [1.29, 1.82) is 0 Å². The van der Waals surface area contributed by atoms with Crippen LogP contribution >= 0.6 is 0 Å². The quantitative estimate of drug-likeness (QED) is 0.788. The lowest BCUT2D eigenvalue weighted by atomic mass is 9.70. The zero-order chi connectivity index (χ0) is 15.0. The molecular formula is C19H26OS. The molecule has 1 aromatic carbocycles. The molecule has 0 heterocycles. The number of fused-ring (bicyclic) bond motifs is 1. The van der Waals surface area contributed by atoms with Gasteiger partial charge in [-0.15, -0.1) is 0 Å². The summed E-state index contributed by atoms with van der Waals surface area (Å²) in [5, 5.41) is 1.91. The average molecular weight is 302 g/mol. The van der Waals surface area contributed by atoms with Crippen LogP contribution in [0.1, 0.15) is 44.6 Å². The molecule has 2 aliphatic rings. The van der Waals surface area contributed by atoms with Gasteiger partial charge in [0.1, 0.15) is 0 Å². The molecule has 5 atom stereocenters. The van der Waals surface area contributed by atoms with Gasteiger partial charge in [0.25, 0.3) is 0 Å². The van der Waals surface area contributed by atoms with Crippen molar-refractivity contribution in [3.63, 3.8) is 0 Å². The lowest BCUT2D eigenvalue weighted by Gasteiger charge is -2.34. The van der Waals surface area contributed by atoms with Crippen molar-refractivity contribution >= 4 is 10.8 Å². The van der Waals surface area contributed by atoms with E-state index in [0.29, 0.717) is 11.8 Å². The molecule has 0 radical (unpaired) electrons. The number of hydrogen-bond acceptors (Lipinski definition) is 1. The third-order valence-electron chi connectivity index (χ3n) is 5.81. The minimum Gasteiger partial charge on any atom is -0.255 e. The highest BCUT2D eigenvalue weighted by molar-refractivity contribution is 7.87. The van der Waals surface area contributed by atoms with E-state index in [9.17, 15) is 4.21 Å². The standard InChI is InChI=1S/C19H26OS/c1-19(2)17(12-13-21(3)20)15-10-7-11-16(15)18(19)14-8-5-4-6-9-14/h4-6,8-9,12-13,15-18H,7,10-11H2,1-3H3/b13-12+. The van der Waals surface area contributed by atoms with Gasteiger partial charge in [0.2, 0.25) is 0 Å². The highest BCUT2D eigenvalue weighted by Crippen LogP contribution is 2.64. The molecule has 2 fully saturated rings. The van der Waals surface area contributed by atoms with Crippen molar-refractivity contribution in [3.05, 3.63) is 47.4 Å². The summed E-state index contributed by atoms with van der Waals surface area (Å²) >= 11 is 0. The summed E-state index contributed by atoms with van der Waals surface area (Å²) in [4.78, 5) is 0. The Bertz CT molecular complexity index is 546. The zero-order valence-electron chi connectivity index (χ0n) is 13.3. The summed E-state index contributed by atoms with van der Waals surface area (Å²) in [5.74, 6) is 2.75. The Morgan fingerprint density at radius 1 is 1.14 bits per heavy atom. The molecule has 3 rings (SSSR count). The van der Waals surface area contributed by atoms with Gasteiger partial charge < -0.3 is 0 Å². The predicted octanol–water partition coefficient (Wildman–Crippen LogP) is 4.73. The van der Waals surface area contributed by atoms with Crippen LogP contribution in [0.4, 0.5) is 0 Å².